The first-order valence-corrected chi connectivity index (χ1v) is 15.2. The number of amides is 2. The number of nitrogens with zero attached hydrogens (tertiary/aromatic N) is 4. The van der Waals surface area contributed by atoms with Gasteiger partial charge in [-0.2, -0.15) is 5.10 Å². The number of ether oxygens (including phenoxy) is 2. The average molecular weight is 600 g/mol. The summed E-state index contributed by atoms with van der Waals surface area (Å²) in [6, 6.07) is 17.5. The molecular formula is C33H37N5O4S. The fourth-order valence-electron chi connectivity index (χ4n) is 5.19. The van der Waals surface area contributed by atoms with Crippen LogP contribution in [0.15, 0.2) is 67.0 Å². The number of pyridine rings is 1. The third-order valence-electron chi connectivity index (χ3n) is 7.30. The van der Waals surface area contributed by atoms with Crippen LogP contribution in [0.25, 0.3) is 5.69 Å². The summed E-state index contributed by atoms with van der Waals surface area (Å²) in [5.41, 5.74) is 5.15. The average Bonchev–Trinajstić information content (AvgIpc) is 3.34. The lowest BCUT2D eigenvalue weighted by molar-refractivity contribution is -0.123. The molecule has 4 aromatic rings. The SMILES string of the molecule is COc1ccc([C@H]2SCC(=O)N(CC(=O)NCc3ccncc3)c3c2c(C(C)(C)C)nn3-c2cccc(C)c2)cc1OC. The Morgan fingerprint density at radius 2 is 1.79 bits per heavy atom. The molecule has 2 aromatic heterocycles. The molecular weight excluding hydrogens is 562 g/mol. The van der Waals surface area contributed by atoms with Crippen LogP contribution in [0.5, 0.6) is 11.5 Å². The third-order valence-corrected chi connectivity index (χ3v) is 8.55. The highest BCUT2D eigenvalue weighted by atomic mass is 32.2. The summed E-state index contributed by atoms with van der Waals surface area (Å²) in [4.78, 5) is 32.9. The zero-order valence-electron chi connectivity index (χ0n) is 25.4. The second-order valence-electron chi connectivity index (χ2n) is 11.5. The molecule has 1 N–H and O–H groups in total. The van der Waals surface area contributed by atoms with Gasteiger partial charge in [0.15, 0.2) is 11.5 Å². The molecule has 5 rings (SSSR count). The van der Waals surface area contributed by atoms with Crippen LogP contribution in [0.4, 0.5) is 5.82 Å². The molecule has 0 unspecified atom stereocenters. The topological polar surface area (TPSA) is 98.6 Å². The van der Waals surface area contributed by atoms with Crippen molar-refractivity contribution in [2.24, 2.45) is 0 Å². The van der Waals surface area contributed by atoms with Crippen molar-refractivity contribution < 1.29 is 19.1 Å². The van der Waals surface area contributed by atoms with Crippen LogP contribution in [0.3, 0.4) is 0 Å². The van der Waals surface area contributed by atoms with E-state index in [1.165, 1.54) is 11.8 Å². The number of aromatic nitrogens is 3. The maximum absolute atomic E-state index is 13.9. The third kappa shape index (κ3) is 6.39. The molecule has 224 valence electrons. The van der Waals surface area contributed by atoms with Gasteiger partial charge in [0.2, 0.25) is 11.8 Å². The summed E-state index contributed by atoms with van der Waals surface area (Å²) in [6.07, 6.45) is 3.37. The molecule has 0 aliphatic carbocycles. The summed E-state index contributed by atoms with van der Waals surface area (Å²) in [6.45, 7) is 8.57. The lowest BCUT2D eigenvalue weighted by Gasteiger charge is -2.25. The number of methoxy groups -OCH3 is 2. The summed E-state index contributed by atoms with van der Waals surface area (Å²) in [5, 5.41) is 7.88. The van der Waals surface area contributed by atoms with Gasteiger partial charge in [0.25, 0.3) is 0 Å². The van der Waals surface area contributed by atoms with Gasteiger partial charge in [0.05, 0.1) is 36.6 Å². The van der Waals surface area contributed by atoms with Crippen LogP contribution in [0.1, 0.15) is 54.0 Å². The molecule has 3 heterocycles. The molecule has 10 heteroatoms. The van der Waals surface area contributed by atoms with Gasteiger partial charge in [0.1, 0.15) is 12.4 Å². The van der Waals surface area contributed by atoms with Crippen LogP contribution >= 0.6 is 11.8 Å². The van der Waals surface area contributed by atoms with Crippen molar-refractivity contribution in [3.8, 4) is 17.2 Å². The number of benzene rings is 2. The Balaban J connectivity index is 1.67. The number of carbonyl (C=O) groups is 2. The summed E-state index contributed by atoms with van der Waals surface area (Å²) < 4.78 is 13.0. The van der Waals surface area contributed by atoms with E-state index in [2.05, 4.69) is 31.1 Å². The van der Waals surface area contributed by atoms with E-state index in [1.54, 1.807) is 31.5 Å². The van der Waals surface area contributed by atoms with Crippen molar-refractivity contribution >= 4 is 29.4 Å². The number of anilines is 1. The minimum absolute atomic E-state index is 0.142. The highest BCUT2D eigenvalue weighted by Crippen LogP contribution is 2.49. The normalized spacial score (nSPS) is 15.1. The number of carbonyl (C=O) groups excluding carboxylic acids is 2. The summed E-state index contributed by atoms with van der Waals surface area (Å²) >= 11 is 1.52. The molecule has 9 nitrogen and oxygen atoms in total. The molecule has 2 amide bonds. The molecule has 43 heavy (non-hydrogen) atoms. The van der Waals surface area contributed by atoms with E-state index in [0.29, 0.717) is 23.9 Å². The van der Waals surface area contributed by atoms with Crippen molar-refractivity contribution in [2.75, 3.05) is 31.4 Å². The Kier molecular flexibility index (Phi) is 8.77. The molecule has 0 radical (unpaired) electrons. The number of fused-ring (bicyclic) bond motifs is 1. The largest absolute Gasteiger partial charge is 0.493 e. The summed E-state index contributed by atoms with van der Waals surface area (Å²) in [5.74, 6) is 1.59. The van der Waals surface area contributed by atoms with E-state index in [1.807, 2.05) is 66.2 Å². The van der Waals surface area contributed by atoms with E-state index in [9.17, 15) is 9.59 Å². The minimum Gasteiger partial charge on any atom is -0.493 e. The molecule has 1 aliphatic heterocycles. The first-order valence-electron chi connectivity index (χ1n) is 14.1. The molecule has 0 spiro atoms. The number of hydrogen-bond acceptors (Lipinski definition) is 7. The van der Waals surface area contributed by atoms with Gasteiger partial charge >= 0.3 is 0 Å². The first kappa shape index (κ1) is 30.2. The highest BCUT2D eigenvalue weighted by molar-refractivity contribution is 8.00. The standard InChI is InChI=1S/C33H37N5O4S/c1-21-8-7-9-24(16-21)38-32-29(31(36-38)33(2,3)4)30(23-10-11-25(41-5)26(17-23)42-6)43-20-28(40)37(32)19-27(39)35-18-22-12-14-34-15-13-22/h7-17,30H,18-20H2,1-6H3,(H,35,39)/t30-/m1/s1. The molecule has 2 aromatic carbocycles. The van der Waals surface area contributed by atoms with Gasteiger partial charge in [0, 0.05) is 29.9 Å². The molecule has 0 saturated carbocycles. The second kappa shape index (κ2) is 12.5. The van der Waals surface area contributed by atoms with Crippen LogP contribution in [0, 0.1) is 6.92 Å². The minimum atomic E-state index is -0.364. The zero-order valence-corrected chi connectivity index (χ0v) is 26.2. The Morgan fingerprint density at radius 1 is 1.05 bits per heavy atom. The van der Waals surface area contributed by atoms with Gasteiger partial charge in [-0.3, -0.25) is 19.5 Å². The number of hydrogen-bond donors (Lipinski definition) is 1. The van der Waals surface area contributed by atoms with Crippen molar-refractivity contribution in [3.05, 3.63) is 94.9 Å². The Hall–Kier alpha value is -4.31. The lowest BCUT2D eigenvalue weighted by atomic mass is 9.87. The van der Waals surface area contributed by atoms with Gasteiger partial charge in [-0.15, -0.1) is 11.8 Å². The fourth-order valence-corrected chi connectivity index (χ4v) is 6.38. The zero-order chi connectivity index (χ0) is 30.7. The van der Waals surface area contributed by atoms with Crippen molar-refractivity contribution in [2.45, 2.75) is 44.9 Å². The van der Waals surface area contributed by atoms with E-state index >= 15 is 0 Å². The monoisotopic (exact) mass is 599 g/mol. The van der Waals surface area contributed by atoms with Gasteiger partial charge in [-0.05, 0) is 60.0 Å². The maximum Gasteiger partial charge on any atom is 0.240 e. The molecule has 0 fully saturated rings. The second-order valence-corrected chi connectivity index (χ2v) is 12.6. The van der Waals surface area contributed by atoms with Crippen molar-refractivity contribution in [3.63, 3.8) is 0 Å². The predicted octanol–water partition coefficient (Wildman–Crippen LogP) is 5.38. The van der Waals surface area contributed by atoms with Crippen LogP contribution in [0.2, 0.25) is 0 Å². The summed E-state index contributed by atoms with van der Waals surface area (Å²) in [7, 11) is 3.22. The van der Waals surface area contributed by atoms with Crippen molar-refractivity contribution in [1.29, 1.82) is 0 Å². The van der Waals surface area contributed by atoms with E-state index in [-0.39, 0.29) is 34.8 Å². The first-order chi connectivity index (χ1) is 20.6. The van der Waals surface area contributed by atoms with Gasteiger partial charge in [-0.25, -0.2) is 4.68 Å². The Bertz CT molecular complexity index is 1630. The fraction of sp³-hybridized carbons (Fsp3) is 0.333. The van der Waals surface area contributed by atoms with E-state index in [4.69, 9.17) is 14.6 Å². The maximum atomic E-state index is 13.9. The van der Waals surface area contributed by atoms with Crippen LogP contribution < -0.4 is 19.7 Å². The van der Waals surface area contributed by atoms with Crippen LogP contribution in [-0.2, 0) is 21.5 Å². The number of nitrogens with one attached hydrogen (secondary N) is 1. The Labute approximate surface area is 256 Å². The van der Waals surface area contributed by atoms with Gasteiger partial charge in [-0.1, -0.05) is 39.0 Å². The number of aryl methyl sites for hydroxylation is 1. The quantitative estimate of drug-likeness (QED) is 0.291. The molecule has 0 bridgehead atoms. The van der Waals surface area contributed by atoms with Crippen molar-refractivity contribution in [1.82, 2.24) is 20.1 Å². The van der Waals surface area contributed by atoms with Crippen LogP contribution in [-0.4, -0.2) is 53.1 Å². The molecule has 1 atom stereocenters. The number of rotatable bonds is 8. The molecule has 1 aliphatic rings. The van der Waals surface area contributed by atoms with E-state index in [0.717, 1.165) is 33.6 Å². The van der Waals surface area contributed by atoms with E-state index < -0.39 is 0 Å². The number of thioether (sulfide) groups is 1. The Morgan fingerprint density at radius 3 is 2.47 bits per heavy atom. The smallest absolute Gasteiger partial charge is 0.240 e. The lowest BCUT2D eigenvalue weighted by Crippen LogP contribution is -2.42. The molecule has 0 saturated heterocycles. The van der Waals surface area contributed by atoms with Gasteiger partial charge < -0.3 is 14.8 Å². The predicted molar refractivity (Wildman–Crippen MR) is 169 cm³/mol. The highest BCUT2D eigenvalue weighted by Gasteiger charge is 2.40.